The van der Waals surface area contributed by atoms with Crippen LogP contribution >= 0.6 is 15.9 Å². The second-order valence-electron chi connectivity index (χ2n) is 10.0. The van der Waals surface area contributed by atoms with Crippen LogP contribution in [0.15, 0.2) is 33.9 Å². The zero-order chi connectivity index (χ0) is 23.0. The number of rotatable bonds is 6. The molecule has 0 aromatic carbocycles. The molecule has 0 spiro atoms. The van der Waals surface area contributed by atoms with Gasteiger partial charge in [0.25, 0.3) is 0 Å². The van der Waals surface area contributed by atoms with Crippen molar-refractivity contribution in [1.82, 2.24) is 20.1 Å². The number of nitrogens with one attached hydrogen (secondary N) is 1. The first-order valence-corrected chi connectivity index (χ1v) is 14.4. The van der Waals surface area contributed by atoms with E-state index in [4.69, 9.17) is 0 Å². The SMILES string of the molecule is Cc1cc(Br)cnc1CN1C[C@H]2C[C@H](Nc3ccc(S(=O)(=O)C4CCCCC4)nn3)C[C@H]2C1. The van der Waals surface area contributed by atoms with Gasteiger partial charge in [-0.25, -0.2) is 8.42 Å². The number of nitrogens with zero attached hydrogens (tertiary/aromatic N) is 4. The molecule has 2 aliphatic carbocycles. The van der Waals surface area contributed by atoms with Gasteiger partial charge in [0.2, 0.25) is 0 Å². The number of aromatic nitrogens is 3. The van der Waals surface area contributed by atoms with Crippen molar-refractivity contribution in [1.29, 1.82) is 0 Å². The standard InChI is InChI=1S/C24H32BrN5O2S/c1-16-9-19(25)12-26-22(16)15-30-13-17-10-20(11-18(17)14-30)27-23-7-8-24(29-28-23)33(31,32)21-5-3-2-4-6-21/h7-9,12,17-18,20-21H,2-6,10-11,13-15H2,1H3,(H,27,28)/t17-,18+,20+. The molecule has 2 aromatic rings. The quantitative estimate of drug-likeness (QED) is 0.589. The summed E-state index contributed by atoms with van der Waals surface area (Å²) in [7, 11) is -3.37. The molecule has 3 heterocycles. The molecule has 1 saturated heterocycles. The van der Waals surface area contributed by atoms with Gasteiger partial charge in [0, 0.05) is 36.3 Å². The molecule has 3 atom stereocenters. The monoisotopic (exact) mass is 533 g/mol. The van der Waals surface area contributed by atoms with Gasteiger partial charge in [-0.05, 0) is 84.1 Å². The summed E-state index contributed by atoms with van der Waals surface area (Å²) in [6.07, 6.45) is 8.67. The van der Waals surface area contributed by atoms with Crippen molar-refractivity contribution in [3.05, 3.63) is 40.1 Å². The number of fused-ring (bicyclic) bond motifs is 1. The summed E-state index contributed by atoms with van der Waals surface area (Å²) in [4.78, 5) is 7.13. The summed E-state index contributed by atoms with van der Waals surface area (Å²) in [5.74, 6) is 2.03. The van der Waals surface area contributed by atoms with E-state index in [0.29, 0.717) is 23.7 Å². The van der Waals surface area contributed by atoms with E-state index in [0.717, 1.165) is 74.7 Å². The number of hydrogen-bond donors (Lipinski definition) is 1. The van der Waals surface area contributed by atoms with Crippen molar-refractivity contribution in [2.24, 2.45) is 11.8 Å². The number of likely N-dealkylation sites (tertiary alicyclic amines) is 1. The van der Waals surface area contributed by atoms with Crippen LogP contribution in [0.5, 0.6) is 0 Å². The molecule has 0 bridgehead atoms. The Hall–Kier alpha value is -1.58. The normalized spacial score (nSPS) is 26.4. The molecule has 178 valence electrons. The Morgan fingerprint density at radius 2 is 1.82 bits per heavy atom. The van der Waals surface area contributed by atoms with Crippen LogP contribution < -0.4 is 5.32 Å². The van der Waals surface area contributed by atoms with E-state index in [-0.39, 0.29) is 10.3 Å². The third-order valence-electron chi connectivity index (χ3n) is 7.63. The topological polar surface area (TPSA) is 88.1 Å². The van der Waals surface area contributed by atoms with E-state index in [2.05, 4.69) is 54.3 Å². The van der Waals surface area contributed by atoms with Crippen LogP contribution in [0.4, 0.5) is 5.82 Å². The van der Waals surface area contributed by atoms with Gasteiger partial charge in [-0.15, -0.1) is 10.2 Å². The summed E-state index contributed by atoms with van der Waals surface area (Å²) >= 11 is 3.49. The second-order valence-corrected chi connectivity index (χ2v) is 13.1. The molecule has 1 aliphatic heterocycles. The number of pyridine rings is 1. The minimum Gasteiger partial charge on any atom is -0.366 e. The molecular weight excluding hydrogens is 502 g/mol. The largest absolute Gasteiger partial charge is 0.366 e. The molecule has 1 N–H and O–H groups in total. The maximum atomic E-state index is 12.8. The molecular formula is C24H32BrN5O2S. The zero-order valence-electron chi connectivity index (χ0n) is 19.1. The smallest absolute Gasteiger partial charge is 0.200 e. The highest BCUT2D eigenvalue weighted by Gasteiger charge is 2.41. The van der Waals surface area contributed by atoms with Crippen LogP contribution in [0, 0.1) is 18.8 Å². The molecule has 33 heavy (non-hydrogen) atoms. The van der Waals surface area contributed by atoms with E-state index >= 15 is 0 Å². The highest BCUT2D eigenvalue weighted by molar-refractivity contribution is 9.10. The first-order valence-electron chi connectivity index (χ1n) is 12.1. The van der Waals surface area contributed by atoms with Gasteiger partial charge in [0.05, 0.1) is 10.9 Å². The number of hydrogen-bond acceptors (Lipinski definition) is 7. The van der Waals surface area contributed by atoms with Crippen LogP contribution in [0.3, 0.4) is 0 Å². The fourth-order valence-electron chi connectivity index (χ4n) is 5.89. The van der Waals surface area contributed by atoms with Gasteiger partial charge in [-0.1, -0.05) is 19.3 Å². The van der Waals surface area contributed by atoms with E-state index in [1.807, 2.05) is 6.20 Å². The summed E-state index contributed by atoms with van der Waals surface area (Å²) < 4.78 is 26.7. The fraction of sp³-hybridized carbons (Fsp3) is 0.625. The Labute approximate surface area is 204 Å². The van der Waals surface area contributed by atoms with Gasteiger partial charge in [0.1, 0.15) is 5.82 Å². The summed E-state index contributed by atoms with van der Waals surface area (Å²) in [6, 6.07) is 5.91. The Morgan fingerprint density at radius 1 is 1.09 bits per heavy atom. The molecule has 0 unspecified atom stereocenters. The van der Waals surface area contributed by atoms with Gasteiger partial charge in [-0.2, -0.15) is 0 Å². The minimum atomic E-state index is -3.37. The maximum absolute atomic E-state index is 12.8. The number of halogens is 1. The third-order valence-corrected chi connectivity index (χ3v) is 10.2. The summed E-state index contributed by atoms with van der Waals surface area (Å²) in [6.45, 7) is 5.23. The van der Waals surface area contributed by atoms with Crippen LogP contribution in [0.1, 0.15) is 56.2 Å². The van der Waals surface area contributed by atoms with Gasteiger partial charge < -0.3 is 5.32 Å². The molecule has 7 nitrogen and oxygen atoms in total. The van der Waals surface area contributed by atoms with Gasteiger partial charge in [0.15, 0.2) is 14.9 Å². The second kappa shape index (κ2) is 9.58. The van der Waals surface area contributed by atoms with E-state index < -0.39 is 9.84 Å². The summed E-state index contributed by atoms with van der Waals surface area (Å²) in [5.41, 5.74) is 2.39. The lowest BCUT2D eigenvalue weighted by Gasteiger charge is -2.21. The van der Waals surface area contributed by atoms with Crippen LogP contribution in [-0.2, 0) is 16.4 Å². The lowest BCUT2D eigenvalue weighted by molar-refractivity contribution is 0.297. The minimum absolute atomic E-state index is 0.121. The Kier molecular flexibility index (Phi) is 6.73. The highest BCUT2D eigenvalue weighted by atomic mass is 79.9. The van der Waals surface area contributed by atoms with Crippen molar-refractivity contribution in [2.75, 3.05) is 18.4 Å². The van der Waals surface area contributed by atoms with E-state index in [1.165, 1.54) is 5.56 Å². The average Bonchev–Trinajstić information content (AvgIpc) is 3.34. The van der Waals surface area contributed by atoms with Crippen LogP contribution in [0.25, 0.3) is 0 Å². The first kappa shape index (κ1) is 23.2. The molecule has 2 aromatic heterocycles. The highest BCUT2D eigenvalue weighted by Crippen LogP contribution is 2.39. The zero-order valence-corrected chi connectivity index (χ0v) is 21.5. The fourth-order valence-corrected chi connectivity index (χ4v) is 8.05. The molecule has 3 aliphatic rings. The molecule has 2 saturated carbocycles. The van der Waals surface area contributed by atoms with Gasteiger partial charge in [-0.3, -0.25) is 9.88 Å². The Morgan fingerprint density at radius 3 is 2.45 bits per heavy atom. The number of sulfone groups is 1. The number of aryl methyl sites for hydroxylation is 1. The Balaban J connectivity index is 1.14. The van der Waals surface area contributed by atoms with Crippen molar-refractivity contribution in [2.45, 2.75) is 74.7 Å². The predicted molar refractivity (Wildman–Crippen MR) is 132 cm³/mol. The number of anilines is 1. The van der Waals surface area contributed by atoms with Crippen LogP contribution in [0.2, 0.25) is 0 Å². The van der Waals surface area contributed by atoms with Crippen molar-refractivity contribution in [3.63, 3.8) is 0 Å². The predicted octanol–water partition coefficient (Wildman–Crippen LogP) is 4.37. The van der Waals surface area contributed by atoms with Crippen molar-refractivity contribution in [3.8, 4) is 0 Å². The first-order chi connectivity index (χ1) is 15.9. The van der Waals surface area contributed by atoms with Crippen molar-refractivity contribution < 1.29 is 8.42 Å². The molecule has 5 rings (SSSR count). The molecule has 3 fully saturated rings. The van der Waals surface area contributed by atoms with Crippen molar-refractivity contribution >= 4 is 31.6 Å². The average molecular weight is 535 g/mol. The molecule has 0 amide bonds. The maximum Gasteiger partial charge on any atom is 0.200 e. The lowest BCUT2D eigenvalue weighted by Crippen LogP contribution is -2.26. The lowest BCUT2D eigenvalue weighted by atomic mass is 10.0. The van der Waals surface area contributed by atoms with Crippen LogP contribution in [-0.4, -0.2) is 52.9 Å². The van der Waals surface area contributed by atoms with E-state index in [9.17, 15) is 8.42 Å². The van der Waals surface area contributed by atoms with E-state index in [1.54, 1.807) is 12.1 Å². The molecule has 9 heteroatoms. The molecule has 0 radical (unpaired) electrons. The van der Waals surface area contributed by atoms with Gasteiger partial charge >= 0.3 is 0 Å². The Bertz CT molecular complexity index is 1070. The summed E-state index contributed by atoms with van der Waals surface area (Å²) in [5, 5.41) is 11.6. The third kappa shape index (κ3) is 5.10.